The molecule has 6 rings (SSSR count). The number of benzene rings is 3. The molecule has 0 atom stereocenters. The van der Waals surface area contributed by atoms with Crippen molar-refractivity contribution in [3.63, 3.8) is 0 Å². The summed E-state index contributed by atoms with van der Waals surface area (Å²) in [5.74, 6) is 2.37. The molecule has 39 heavy (non-hydrogen) atoms. The zero-order valence-electron chi connectivity index (χ0n) is 22.8. The minimum absolute atomic E-state index is 0.412. The smallest absolute Gasteiger partial charge is 0.225 e. The van der Waals surface area contributed by atoms with E-state index in [0.29, 0.717) is 12.0 Å². The van der Waals surface area contributed by atoms with E-state index in [1.54, 1.807) is 0 Å². The zero-order chi connectivity index (χ0) is 26.6. The highest BCUT2D eigenvalue weighted by atomic mass is 15.2. The van der Waals surface area contributed by atoms with Crippen LogP contribution in [0, 0.1) is 5.92 Å². The van der Waals surface area contributed by atoms with Gasteiger partial charge in [-0.15, -0.1) is 0 Å². The van der Waals surface area contributed by atoms with E-state index in [1.165, 1.54) is 23.8 Å². The van der Waals surface area contributed by atoms with Crippen molar-refractivity contribution in [2.75, 3.05) is 30.9 Å². The molecule has 0 aliphatic heterocycles. The number of pyridine rings is 1. The van der Waals surface area contributed by atoms with Gasteiger partial charge < -0.3 is 15.5 Å². The first kappa shape index (κ1) is 25.3. The molecule has 2 aromatic heterocycles. The summed E-state index contributed by atoms with van der Waals surface area (Å²) < 4.78 is 0. The van der Waals surface area contributed by atoms with Crippen LogP contribution < -0.4 is 15.5 Å². The normalized spacial score (nSPS) is 17.4. The Morgan fingerprint density at radius 3 is 2.15 bits per heavy atom. The molecule has 0 spiro atoms. The van der Waals surface area contributed by atoms with Crippen molar-refractivity contribution in [2.45, 2.75) is 38.3 Å². The van der Waals surface area contributed by atoms with E-state index < -0.39 is 0 Å². The van der Waals surface area contributed by atoms with Gasteiger partial charge >= 0.3 is 0 Å². The van der Waals surface area contributed by atoms with Gasteiger partial charge in [-0.05, 0) is 68.0 Å². The van der Waals surface area contributed by atoms with Gasteiger partial charge in [-0.25, -0.2) is 9.97 Å². The van der Waals surface area contributed by atoms with Crippen LogP contribution in [-0.2, 0) is 6.54 Å². The molecule has 1 aliphatic rings. The molecule has 5 aromatic rings. The third-order valence-electron chi connectivity index (χ3n) is 7.81. The Morgan fingerprint density at radius 1 is 0.744 bits per heavy atom. The average Bonchev–Trinajstić information content (AvgIpc) is 2.98. The van der Waals surface area contributed by atoms with Crippen LogP contribution in [0.2, 0.25) is 0 Å². The van der Waals surface area contributed by atoms with Gasteiger partial charge in [0.2, 0.25) is 5.95 Å². The van der Waals surface area contributed by atoms with E-state index in [4.69, 9.17) is 15.0 Å². The lowest BCUT2D eigenvalue weighted by atomic mass is 9.86. The SMILES string of the molecule is CN(C)c1nc(NC2CCC(CNCc3cc(-c4ccccc4)nc4ccccc34)CC2)nc2ccccc12. The lowest BCUT2D eigenvalue weighted by Gasteiger charge is -2.29. The zero-order valence-corrected chi connectivity index (χ0v) is 22.8. The number of nitrogens with one attached hydrogen (secondary N) is 2. The molecule has 0 amide bonds. The Bertz CT molecular complexity index is 1560. The van der Waals surface area contributed by atoms with Gasteiger partial charge in [0.25, 0.3) is 0 Å². The lowest BCUT2D eigenvalue weighted by Crippen LogP contribution is -2.31. The second-order valence-corrected chi connectivity index (χ2v) is 10.8. The first-order valence-corrected chi connectivity index (χ1v) is 14.0. The van der Waals surface area contributed by atoms with Crippen molar-refractivity contribution < 1.29 is 0 Å². The highest BCUT2D eigenvalue weighted by molar-refractivity contribution is 5.90. The number of rotatable bonds is 8. The maximum Gasteiger partial charge on any atom is 0.225 e. The molecule has 1 aliphatic carbocycles. The van der Waals surface area contributed by atoms with Crippen molar-refractivity contribution >= 4 is 33.6 Å². The van der Waals surface area contributed by atoms with Crippen molar-refractivity contribution in [2.24, 2.45) is 5.92 Å². The Labute approximate surface area is 230 Å². The molecular weight excluding hydrogens is 480 g/mol. The predicted molar refractivity (Wildman–Crippen MR) is 162 cm³/mol. The van der Waals surface area contributed by atoms with Crippen LogP contribution in [0.4, 0.5) is 11.8 Å². The van der Waals surface area contributed by atoms with Crippen molar-refractivity contribution in [3.8, 4) is 11.3 Å². The molecule has 1 fully saturated rings. The molecule has 3 aromatic carbocycles. The third-order valence-corrected chi connectivity index (χ3v) is 7.81. The van der Waals surface area contributed by atoms with Crippen molar-refractivity contribution in [3.05, 3.63) is 90.5 Å². The number of fused-ring (bicyclic) bond motifs is 2. The molecule has 0 unspecified atom stereocenters. The van der Waals surface area contributed by atoms with Gasteiger partial charge in [-0.1, -0.05) is 60.7 Å². The summed E-state index contributed by atoms with van der Waals surface area (Å²) in [6.07, 6.45) is 4.67. The summed E-state index contributed by atoms with van der Waals surface area (Å²) in [5.41, 5.74) is 5.53. The predicted octanol–water partition coefficient (Wildman–Crippen LogP) is 6.67. The minimum Gasteiger partial charge on any atom is -0.362 e. The quantitative estimate of drug-likeness (QED) is 0.240. The van der Waals surface area contributed by atoms with E-state index in [-0.39, 0.29) is 0 Å². The minimum atomic E-state index is 0.412. The molecule has 6 nitrogen and oxygen atoms in total. The summed E-state index contributed by atoms with van der Waals surface area (Å²) in [6, 6.07) is 29.8. The summed E-state index contributed by atoms with van der Waals surface area (Å²) in [7, 11) is 4.07. The van der Waals surface area contributed by atoms with Gasteiger partial charge in [0, 0.05) is 43.0 Å². The first-order chi connectivity index (χ1) is 19.1. The van der Waals surface area contributed by atoms with Crippen LogP contribution in [0.25, 0.3) is 33.1 Å². The van der Waals surface area contributed by atoms with Crippen molar-refractivity contribution in [1.29, 1.82) is 0 Å². The number of nitrogens with zero attached hydrogens (tertiary/aromatic N) is 4. The lowest BCUT2D eigenvalue weighted by molar-refractivity contribution is 0.324. The number of anilines is 2. The van der Waals surface area contributed by atoms with Gasteiger partial charge in [-0.2, -0.15) is 4.98 Å². The van der Waals surface area contributed by atoms with E-state index >= 15 is 0 Å². The highest BCUT2D eigenvalue weighted by Gasteiger charge is 2.22. The fourth-order valence-electron chi connectivity index (χ4n) is 5.72. The second kappa shape index (κ2) is 11.4. The molecular formula is C33H36N6. The summed E-state index contributed by atoms with van der Waals surface area (Å²) in [6.45, 7) is 1.88. The fourth-order valence-corrected chi connectivity index (χ4v) is 5.72. The highest BCUT2D eigenvalue weighted by Crippen LogP contribution is 2.29. The fraction of sp³-hybridized carbons (Fsp3) is 0.303. The first-order valence-electron chi connectivity index (χ1n) is 14.0. The Hall–Kier alpha value is -4.03. The van der Waals surface area contributed by atoms with Crippen LogP contribution in [0.1, 0.15) is 31.2 Å². The molecule has 0 radical (unpaired) electrons. The topological polar surface area (TPSA) is 66.0 Å². The van der Waals surface area contributed by atoms with Gasteiger partial charge in [0.05, 0.1) is 16.7 Å². The Kier molecular flexibility index (Phi) is 7.37. The molecule has 2 heterocycles. The number of aromatic nitrogens is 3. The molecule has 2 N–H and O–H groups in total. The molecule has 0 bridgehead atoms. The van der Waals surface area contributed by atoms with E-state index in [1.807, 2.05) is 32.3 Å². The Morgan fingerprint density at radius 2 is 1.41 bits per heavy atom. The monoisotopic (exact) mass is 516 g/mol. The largest absolute Gasteiger partial charge is 0.362 e. The van der Waals surface area contributed by atoms with Crippen molar-refractivity contribution in [1.82, 2.24) is 20.3 Å². The standard InChI is InChI=1S/C33H36N6/c1-39(2)32-28-13-7-9-15-30(28)37-33(38-32)35-26-18-16-23(17-19-26)21-34-22-25-20-31(24-10-4-3-5-11-24)36-29-14-8-6-12-27(25)29/h3-15,20,23,26,34H,16-19,21-22H2,1-2H3,(H,35,37,38). The number of hydrogen-bond donors (Lipinski definition) is 2. The summed E-state index contributed by atoms with van der Waals surface area (Å²) in [5, 5.41) is 9.72. The summed E-state index contributed by atoms with van der Waals surface area (Å²) in [4.78, 5) is 16.6. The van der Waals surface area contributed by atoms with Crippen LogP contribution >= 0.6 is 0 Å². The second-order valence-electron chi connectivity index (χ2n) is 10.8. The van der Waals surface area contributed by atoms with E-state index in [9.17, 15) is 0 Å². The Balaban J connectivity index is 1.07. The maximum atomic E-state index is 4.93. The number of para-hydroxylation sites is 2. The van der Waals surface area contributed by atoms with Gasteiger partial charge in [-0.3, -0.25) is 0 Å². The van der Waals surface area contributed by atoms with Crippen LogP contribution in [0.5, 0.6) is 0 Å². The third kappa shape index (κ3) is 5.71. The number of hydrogen-bond acceptors (Lipinski definition) is 6. The molecule has 6 heteroatoms. The van der Waals surface area contributed by atoms with Gasteiger partial charge in [0.1, 0.15) is 5.82 Å². The average molecular weight is 517 g/mol. The van der Waals surface area contributed by atoms with Gasteiger partial charge in [0.15, 0.2) is 0 Å². The molecule has 1 saturated carbocycles. The molecule has 198 valence electrons. The maximum absolute atomic E-state index is 4.93. The van der Waals surface area contributed by atoms with Crippen LogP contribution in [0.3, 0.4) is 0 Å². The molecule has 0 saturated heterocycles. The van der Waals surface area contributed by atoms with Crippen LogP contribution in [-0.4, -0.2) is 41.6 Å². The van der Waals surface area contributed by atoms with E-state index in [2.05, 4.69) is 82.3 Å². The van der Waals surface area contributed by atoms with Crippen LogP contribution in [0.15, 0.2) is 84.9 Å². The summed E-state index contributed by atoms with van der Waals surface area (Å²) >= 11 is 0. The van der Waals surface area contributed by atoms with E-state index in [0.717, 1.165) is 65.4 Å².